The van der Waals surface area contributed by atoms with Gasteiger partial charge in [-0.05, 0) is 42.9 Å². The summed E-state index contributed by atoms with van der Waals surface area (Å²) in [4.78, 5) is 0. The molecule has 1 aliphatic carbocycles. The summed E-state index contributed by atoms with van der Waals surface area (Å²) in [6.45, 7) is 4.31. The van der Waals surface area contributed by atoms with E-state index >= 15 is 0 Å². The van der Waals surface area contributed by atoms with Crippen LogP contribution in [0, 0.1) is 6.92 Å². The van der Waals surface area contributed by atoms with Gasteiger partial charge in [-0.1, -0.05) is 18.1 Å². The minimum Gasteiger partial charge on any atom is -0.356 e. The van der Waals surface area contributed by atoms with E-state index < -0.39 is 0 Å². The van der Waals surface area contributed by atoms with Crippen LogP contribution in [0.3, 0.4) is 0 Å². The van der Waals surface area contributed by atoms with E-state index in [0.717, 1.165) is 16.7 Å². The summed E-state index contributed by atoms with van der Waals surface area (Å²) in [6.07, 6.45) is 2.62. The molecule has 0 radical (unpaired) electrons. The Balaban J connectivity index is 2.23. The lowest BCUT2D eigenvalue weighted by molar-refractivity contribution is 0.450. The number of fused-ring (bicyclic) bond motifs is 1. The highest BCUT2D eigenvalue weighted by Gasteiger charge is 2.39. The maximum absolute atomic E-state index is 5.19. The molecule has 2 nitrogen and oxygen atoms in total. The molecule has 1 heterocycles. The van der Waals surface area contributed by atoms with E-state index in [0.29, 0.717) is 5.41 Å². The Morgan fingerprint density at radius 2 is 2.14 bits per heavy atom. The lowest BCUT2D eigenvalue weighted by Crippen LogP contribution is -1.98. The molecule has 0 amide bonds. The standard InChI is InChI=1S/C12H13NO/c1-8-10-7-9(12(2)5-6-12)3-4-11(10)14-13-8/h3-4,7H,5-6H2,1-2H3. The lowest BCUT2D eigenvalue weighted by Gasteiger charge is -2.07. The second-order valence-electron chi connectivity index (χ2n) is 4.54. The molecule has 1 aromatic heterocycles. The Morgan fingerprint density at radius 3 is 2.86 bits per heavy atom. The first-order valence-corrected chi connectivity index (χ1v) is 5.06. The number of hydrogen-bond acceptors (Lipinski definition) is 2. The van der Waals surface area contributed by atoms with Crippen LogP contribution in [0.2, 0.25) is 0 Å². The average molecular weight is 187 g/mol. The summed E-state index contributed by atoms with van der Waals surface area (Å²) in [6, 6.07) is 6.43. The average Bonchev–Trinajstić information content (AvgIpc) is 2.84. The van der Waals surface area contributed by atoms with Crippen molar-refractivity contribution in [1.29, 1.82) is 0 Å². The summed E-state index contributed by atoms with van der Waals surface area (Å²) in [7, 11) is 0. The van der Waals surface area contributed by atoms with Crippen molar-refractivity contribution in [3.8, 4) is 0 Å². The van der Waals surface area contributed by atoms with Crippen molar-refractivity contribution in [3.05, 3.63) is 29.5 Å². The molecule has 1 aliphatic rings. The molecular formula is C12H13NO. The van der Waals surface area contributed by atoms with Crippen molar-refractivity contribution in [2.75, 3.05) is 0 Å². The van der Waals surface area contributed by atoms with Gasteiger partial charge in [-0.15, -0.1) is 0 Å². The molecule has 0 atom stereocenters. The molecule has 1 fully saturated rings. The van der Waals surface area contributed by atoms with E-state index in [9.17, 15) is 0 Å². The van der Waals surface area contributed by atoms with Crippen LogP contribution in [0.1, 0.15) is 31.0 Å². The maximum atomic E-state index is 5.19. The van der Waals surface area contributed by atoms with Gasteiger partial charge in [0.05, 0.1) is 5.69 Å². The van der Waals surface area contributed by atoms with Gasteiger partial charge >= 0.3 is 0 Å². The van der Waals surface area contributed by atoms with E-state index in [-0.39, 0.29) is 0 Å². The van der Waals surface area contributed by atoms with Crippen molar-refractivity contribution >= 4 is 11.0 Å². The highest BCUT2D eigenvalue weighted by atomic mass is 16.5. The van der Waals surface area contributed by atoms with E-state index in [2.05, 4.69) is 24.2 Å². The van der Waals surface area contributed by atoms with Gasteiger partial charge in [-0.2, -0.15) is 0 Å². The van der Waals surface area contributed by atoms with Crippen molar-refractivity contribution in [2.45, 2.75) is 32.1 Å². The molecule has 0 unspecified atom stereocenters. The van der Waals surface area contributed by atoms with Crippen LogP contribution in [0.15, 0.2) is 22.7 Å². The first-order chi connectivity index (χ1) is 6.69. The van der Waals surface area contributed by atoms with Crippen LogP contribution in [-0.2, 0) is 5.41 Å². The summed E-state index contributed by atoms with van der Waals surface area (Å²) >= 11 is 0. The highest BCUT2D eigenvalue weighted by Crippen LogP contribution is 2.48. The van der Waals surface area contributed by atoms with Crippen molar-refractivity contribution in [2.24, 2.45) is 0 Å². The fourth-order valence-electron chi connectivity index (χ4n) is 1.91. The van der Waals surface area contributed by atoms with Gasteiger partial charge in [0.2, 0.25) is 0 Å². The molecule has 2 heteroatoms. The van der Waals surface area contributed by atoms with E-state index in [1.165, 1.54) is 18.4 Å². The smallest absolute Gasteiger partial charge is 0.167 e. The Kier molecular flexibility index (Phi) is 1.37. The minimum absolute atomic E-state index is 0.428. The van der Waals surface area contributed by atoms with Crippen molar-refractivity contribution < 1.29 is 4.52 Å². The molecular weight excluding hydrogens is 174 g/mol. The second-order valence-corrected chi connectivity index (χ2v) is 4.54. The quantitative estimate of drug-likeness (QED) is 0.685. The Morgan fingerprint density at radius 1 is 1.36 bits per heavy atom. The van der Waals surface area contributed by atoms with Gasteiger partial charge in [0.25, 0.3) is 0 Å². The first-order valence-electron chi connectivity index (χ1n) is 5.06. The largest absolute Gasteiger partial charge is 0.356 e. The molecule has 1 aromatic carbocycles. The van der Waals surface area contributed by atoms with Crippen LogP contribution in [0.5, 0.6) is 0 Å². The predicted molar refractivity (Wildman–Crippen MR) is 55.3 cm³/mol. The minimum atomic E-state index is 0.428. The van der Waals surface area contributed by atoms with Crippen molar-refractivity contribution in [3.63, 3.8) is 0 Å². The fourth-order valence-corrected chi connectivity index (χ4v) is 1.91. The first kappa shape index (κ1) is 8.04. The van der Waals surface area contributed by atoms with Gasteiger partial charge in [0.15, 0.2) is 5.58 Å². The molecule has 1 saturated carbocycles. The van der Waals surface area contributed by atoms with Gasteiger partial charge in [-0.3, -0.25) is 0 Å². The van der Waals surface area contributed by atoms with Crippen molar-refractivity contribution in [1.82, 2.24) is 5.16 Å². The third kappa shape index (κ3) is 0.999. The molecule has 0 N–H and O–H groups in total. The maximum Gasteiger partial charge on any atom is 0.167 e. The highest BCUT2D eigenvalue weighted by molar-refractivity contribution is 5.80. The Labute approximate surface area is 82.9 Å². The number of hydrogen-bond donors (Lipinski definition) is 0. The monoisotopic (exact) mass is 187 g/mol. The zero-order chi connectivity index (χ0) is 9.76. The summed E-state index contributed by atoms with van der Waals surface area (Å²) in [5.41, 5.74) is 3.75. The summed E-state index contributed by atoms with van der Waals surface area (Å²) in [5.74, 6) is 0. The van der Waals surface area contributed by atoms with E-state index in [4.69, 9.17) is 4.52 Å². The molecule has 0 aliphatic heterocycles. The molecule has 3 rings (SSSR count). The zero-order valence-corrected chi connectivity index (χ0v) is 8.50. The number of benzene rings is 1. The Hall–Kier alpha value is -1.31. The summed E-state index contributed by atoms with van der Waals surface area (Å²) < 4.78 is 5.19. The number of aryl methyl sites for hydroxylation is 1. The molecule has 72 valence electrons. The molecule has 2 aromatic rings. The van der Waals surface area contributed by atoms with Gasteiger partial charge in [-0.25, -0.2) is 0 Å². The third-order valence-electron chi connectivity index (χ3n) is 3.35. The normalized spacial score (nSPS) is 18.7. The van der Waals surface area contributed by atoms with Gasteiger partial charge in [0, 0.05) is 5.39 Å². The number of nitrogens with zero attached hydrogens (tertiary/aromatic N) is 1. The topological polar surface area (TPSA) is 26.0 Å². The van der Waals surface area contributed by atoms with Crippen LogP contribution < -0.4 is 0 Å². The predicted octanol–water partition coefficient (Wildman–Crippen LogP) is 3.19. The summed E-state index contributed by atoms with van der Waals surface area (Å²) in [5, 5.41) is 5.13. The molecule has 0 bridgehead atoms. The molecule has 14 heavy (non-hydrogen) atoms. The Bertz CT molecular complexity index is 494. The molecule has 0 spiro atoms. The fraction of sp³-hybridized carbons (Fsp3) is 0.417. The van der Waals surface area contributed by atoms with Crippen LogP contribution >= 0.6 is 0 Å². The third-order valence-corrected chi connectivity index (χ3v) is 3.35. The molecule has 0 saturated heterocycles. The van der Waals surface area contributed by atoms with E-state index in [1.54, 1.807) is 0 Å². The lowest BCUT2D eigenvalue weighted by atomic mass is 9.97. The zero-order valence-electron chi connectivity index (χ0n) is 8.50. The second kappa shape index (κ2) is 2.38. The van der Waals surface area contributed by atoms with E-state index in [1.807, 2.05) is 13.0 Å². The van der Waals surface area contributed by atoms with Gasteiger partial charge < -0.3 is 4.52 Å². The van der Waals surface area contributed by atoms with Crippen LogP contribution in [-0.4, -0.2) is 5.16 Å². The van der Waals surface area contributed by atoms with Crippen LogP contribution in [0.25, 0.3) is 11.0 Å². The number of rotatable bonds is 1. The number of aromatic nitrogens is 1. The van der Waals surface area contributed by atoms with Gasteiger partial charge in [0.1, 0.15) is 0 Å². The van der Waals surface area contributed by atoms with Crippen LogP contribution in [0.4, 0.5) is 0 Å². The SMILES string of the molecule is Cc1noc2ccc(C3(C)CC3)cc12.